The van der Waals surface area contributed by atoms with Crippen LogP contribution in [0.5, 0.6) is 0 Å². The van der Waals surface area contributed by atoms with Gasteiger partial charge in [0.05, 0.1) is 24.3 Å². The maximum atomic E-state index is 13.0. The highest BCUT2D eigenvalue weighted by atomic mass is 16.5. The van der Waals surface area contributed by atoms with Crippen LogP contribution in [0.25, 0.3) is 10.8 Å². The van der Waals surface area contributed by atoms with Crippen molar-refractivity contribution in [3.63, 3.8) is 0 Å². The monoisotopic (exact) mass is 552 g/mol. The quantitative estimate of drug-likeness (QED) is 0.0960. The highest BCUT2D eigenvalue weighted by Gasteiger charge is 2.19. The van der Waals surface area contributed by atoms with Crippen LogP contribution >= 0.6 is 0 Å². The standard InChI is InChI=1S/C36H56O4/c1-3-5-7-9-11-13-15-17-19-21-29-39-35(37)32-27-23-25-31-26-24-28-33(34(31)32)36(38)40-30-22-20-18-16-14-12-10-8-6-4-2/h23-28H,3-22,29-30H2,1-2H3. The Hall–Kier alpha value is -2.36. The lowest BCUT2D eigenvalue weighted by molar-refractivity contribution is 0.0498. The third kappa shape index (κ3) is 13.8. The van der Waals surface area contributed by atoms with Crippen LogP contribution in [0, 0.1) is 0 Å². The zero-order valence-electron chi connectivity index (χ0n) is 25.7. The van der Waals surface area contributed by atoms with E-state index in [0.29, 0.717) is 29.7 Å². The maximum Gasteiger partial charge on any atom is 0.338 e. The van der Waals surface area contributed by atoms with Gasteiger partial charge in [-0.2, -0.15) is 0 Å². The second-order valence-corrected chi connectivity index (χ2v) is 11.3. The number of fused-ring (bicyclic) bond motifs is 1. The molecule has 0 fully saturated rings. The molecule has 0 heterocycles. The molecule has 0 saturated heterocycles. The second kappa shape index (κ2) is 22.3. The van der Waals surface area contributed by atoms with Crippen LogP contribution < -0.4 is 0 Å². The van der Waals surface area contributed by atoms with E-state index >= 15 is 0 Å². The normalized spacial score (nSPS) is 11.2. The van der Waals surface area contributed by atoms with Crippen molar-refractivity contribution in [2.24, 2.45) is 0 Å². The number of benzene rings is 2. The molecule has 224 valence electrons. The van der Waals surface area contributed by atoms with Crippen molar-refractivity contribution in [2.45, 2.75) is 142 Å². The zero-order valence-corrected chi connectivity index (χ0v) is 25.7. The Kier molecular flexibility index (Phi) is 18.9. The van der Waals surface area contributed by atoms with E-state index in [1.807, 2.05) is 24.3 Å². The van der Waals surface area contributed by atoms with Crippen LogP contribution in [0.4, 0.5) is 0 Å². The molecule has 2 rings (SSSR count). The topological polar surface area (TPSA) is 52.6 Å². The minimum atomic E-state index is -0.364. The second-order valence-electron chi connectivity index (χ2n) is 11.3. The van der Waals surface area contributed by atoms with Gasteiger partial charge in [0.1, 0.15) is 0 Å². The molecule has 0 saturated carbocycles. The van der Waals surface area contributed by atoms with E-state index in [-0.39, 0.29) is 11.9 Å². The molecule has 4 nitrogen and oxygen atoms in total. The molecular formula is C36H56O4. The van der Waals surface area contributed by atoms with E-state index in [0.717, 1.165) is 31.1 Å². The zero-order chi connectivity index (χ0) is 28.7. The molecule has 0 radical (unpaired) electrons. The van der Waals surface area contributed by atoms with E-state index < -0.39 is 0 Å². The lowest BCUT2D eigenvalue weighted by Crippen LogP contribution is -2.11. The molecule has 0 aliphatic heterocycles. The van der Waals surface area contributed by atoms with Crippen molar-refractivity contribution in [1.82, 2.24) is 0 Å². The van der Waals surface area contributed by atoms with E-state index in [1.165, 1.54) is 103 Å². The van der Waals surface area contributed by atoms with Gasteiger partial charge in [0.2, 0.25) is 0 Å². The minimum Gasteiger partial charge on any atom is -0.462 e. The molecule has 0 aromatic heterocycles. The fourth-order valence-corrected chi connectivity index (χ4v) is 5.35. The van der Waals surface area contributed by atoms with E-state index in [1.54, 1.807) is 12.1 Å². The first-order valence-electron chi connectivity index (χ1n) is 16.5. The largest absolute Gasteiger partial charge is 0.462 e. The predicted octanol–water partition coefficient (Wildman–Crippen LogP) is 11.0. The molecule has 0 amide bonds. The summed E-state index contributed by atoms with van der Waals surface area (Å²) in [6.45, 7) is 5.33. The molecule has 40 heavy (non-hydrogen) atoms. The molecule has 0 aliphatic carbocycles. The van der Waals surface area contributed by atoms with E-state index in [4.69, 9.17) is 9.47 Å². The lowest BCUT2D eigenvalue weighted by atomic mass is 9.99. The molecule has 0 aliphatic rings. The Balaban J connectivity index is 1.72. The molecule has 0 spiro atoms. The highest BCUT2D eigenvalue weighted by Crippen LogP contribution is 2.25. The van der Waals surface area contributed by atoms with Gasteiger partial charge in [-0.05, 0) is 30.4 Å². The first-order valence-corrected chi connectivity index (χ1v) is 16.5. The van der Waals surface area contributed by atoms with Crippen molar-refractivity contribution in [3.05, 3.63) is 47.5 Å². The first kappa shape index (κ1) is 33.8. The molecule has 0 bridgehead atoms. The maximum absolute atomic E-state index is 13.0. The van der Waals surface area contributed by atoms with Crippen LogP contribution in [0.2, 0.25) is 0 Å². The van der Waals surface area contributed by atoms with Gasteiger partial charge in [0.25, 0.3) is 0 Å². The molecule has 0 atom stereocenters. The fourth-order valence-electron chi connectivity index (χ4n) is 5.35. The number of hydrogen-bond donors (Lipinski definition) is 0. The number of esters is 2. The summed E-state index contributed by atoms with van der Waals surface area (Å²) in [5, 5.41) is 1.48. The summed E-state index contributed by atoms with van der Waals surface area (Å²) in [5.41, 5.74) is 0.882. The predicted molar refractivity (Wildman–Crippen MR) is 168 cm³/mol. The third-order valence-electron chi connectivity index (χ3n) is 7.81. The van der Waals surface area contributed by atoms with Gasteiger partial charge < -0.3 is 9.47 Å². The molecule has 0 N–H and O–H groups in total. The number of hydrogen-bond acceptors (Lipinski definition) is 4. The van der Waals surface area contributed by atoms with Gasteiger partial charge >= 0.3 is 11.9 Å². The number of unbranched alkanes of at least 4 members (excludes halogenated alkanes) is 18. The Bertz CT molecular complexity index is 878. The number of carbonyl (C=O) groups is 2. The fraction of sp³-hybridized carbons (Fsp3) is 0.667. The minimum absolute atomic E-state index is 0.364. The smallest absolute Gasteiger partial charge is 0.338 e. The van der Waals surface area contributed by atoms with Crippen molar-refractivity contribution in [2.75, 3.05) is 13.2 Å². The molecule has 2 aromatic rings. The molecule has 2 aromatic carbocycles. The summed E-state index contributed by atoms with van der Waals surface area (Å²) in [4.78, 5) is 26.0. The Morgan fingerprint density at radius 1 is 0.475 bits per heavy atom. The summed E-state index contributed by atoms with van der Waals surface area (Å²) in [6, 6.07) is 11.0. The average Bonchev–Trinajstić information content (AvgIpc) is 2.97. The summed E-state index contributed by atoms with van der Waals surface area (Å²) in [7, 11) is 0. The third-order valence-corrected chi connectivity index (χ3v) is 7.81. The molecular weight excluding hydrogens is 496 g/mol. The van der Waals surface area contributed by atoms with Gasteiger partial charge in [-0.1, -0.05) is 154 Å². The van der Waals surface area contributed by atoms with Gasteiger partial charge in [-0.25, -0.2) is 9.59 Å². The number of ether oxygens (including phenoxy) is 2. The summed E-state index contributed by atoms with van der Waals surface area (Å²) in [6.07, 6.45) is 24.8. The molecule has 0 unspecified atom stereocenters. The van der Waals surface area contributed by atoms with Crippen LogP contribution in [-0.4, -0.2) is 25.2 Å². The van der Waals surface area contributed by atoms with Gasteiger partial charge in [-0.3, -0.25) is 0 Å². The highest BCUT2D eigenvalue weighted by molar-refractivity contribution is 6.13. The Labute approximate surface area is 244 Å². The van der Waals surface area contributed by atoms with Crippen molar-refractivity contribution in [1.29, 1.82) is 0 Å². The summed E-state index contributed by atoms with van der Waals surface area (Å²) < 4.78 is 11.2. The van der Waals surface area contributed by atoms with Crippen LogP contribution in [-0.2, 0) is 9.47 Å². The van der Waals surface area contributed by atoms with Gasteiger partial charge in [-0.15, -0.1) is 0 Å². The summed E-state index contributed by atoms with van der Waals surface area (Å²) >= 11 is 0. The summed E-state index contributed by atoms with van der Waals surface area (Å²) in [5.74, 6) is -0.729. The van der Waals surface area contributed by atoms with Crippen molar-refractivity contribution >= 4 is 22.7 Å². The van der Waals surface area contributed by atoms with Gasteiger partial charge in [0.15, 0.2) is 0 Å². The van der Waals surface area contributed by atoms with Crippen LogP contribution in [0.3, 0.4) is 0 Å². The van der Waals surface area contributed by atoms with Crippen LogP contribution in [0.1, 0.15) is 163 Å². The van der Waals surface area contributed by atoms with Crippen LogP contribution in [0.15, 0.2) is 36.4 Å². The Morgan fingerprint density at radius 2 is 0.800 bits per heavy atom. The average molecular weight is 553 g/mol. The Morgan fingerprint density at radius 3 is 1.15 bits per heavy atom. The van der Waals surface area contributed by atoms with Crippen molar-refractivity contribution < 1.29 is 19.1 Å². The lowest BCUT2D eigenvalue weighted by Gasteiger charge is -2.12. The SMILES string of the molecule is CCCCCCCCCCCCOC(=O)c1cccc2cccc(C(=O)OCCCCCCCCCCCC)c12. The van der Waals surface area contributed by atoms with Gasteiger partial charge in [0, 0.05) is 5.39 Å². The number of carbonyl (C=O) groups excluding carboxylic acids is 2. The van der Waals surface area contributed by atoms with E-state index in [9.17, 15) is 9.59 Å². The van der Waals surface area contributed by atoms with E-state index in [2.05, 4.69) is 13.8 Å². The first-order chi connectivity index (χ1) is 19.7. The van der Waals surface area contributed by atoms with Crippen molar-refractivity contribution in [3.8, 4) is 0 Å². The molecule has 4 heteroatoms. The number of rotatable bonds is 24.